The zero-order valence-corrected chi connectivity index (χ0v) is 20.6. The molecule has 36 heavy (non-hydrogen) atoms. The van der Waals surface area contributed by atoms with Gasteiger partial charge in [-0.2, -0.15) is 0 Å². The van der Waals surface area contributed by atoms with E-state index in [1.165, 1.54) is 53.5 Å². The van der Waals surface area contributed by atoms with Gasteiger partial charge >= 0.3 is 5.56 Å². The number of aryl methyl sites for hydroxylation is 1. The number of nitrogens with two attached hydrogens (primary N) is 1. The van der Waals surface area contributed by atoms with Gasteiger partial charge in [0.2, 0.25) is 11.8 Å². The molecule has 9 heteroatoms. The van der Waals surface area contributed by atoms with Crippen molar-refractivity contribution in [1.82, 2.24) is 14.5 Å². The Balaban J connectivity index is 1.74. The fraction of sp³-hybridized carbons (Fsp3) is 0.333. The van der Waals surface area contributed by atoms with E-state index in [1.807, 2.05) is 24.1 Å². The fourth-order valence-electron chi connectivity index (χ4n) is 4.71. The molecular formula is C27H30FN5O3. The molecule has 188 valence electrons. The van der Waals surface area contributed by atoms with Gasteiger partial charge in [0, 0.05) is 18.7 Å². The Kier molecular flexibility index (Phi) is 7.30. The van der Waals surface area contributed by atoms with Crippen molar-refractivity contribution in [3.8, 4) is 11.3 Å². The first kappa shape index (κ1) is 25.2. The molecule has 1 amide bonds. The molecule has 1 heterocycles. The van der Waals surface area contributed by atoms with Crippen LogP contribution >= 0.6 is 0 Å². The maximum atomic E-state index is 13.7. The van der Waals surface area contributed by atoms with Crippen molar-refractivity contribution in [3.05, 3.63) is 82.0 Å². The van der Waals surface area contributed by atoms with Crippen LogP contribution in [0.3, 0.4) is 0 Å². The monoisotopic (exact) mass is 491 g/mol. The standard InChI is InChI=1S/C27H30FN5O3/c1-17(25(29)35)32(3)26-27(36)33(23(15-30-26)19-11-13-20(28)14-12-19)24(34)16-31(2)22-10-6-8-18-7-4-5-9-21(18)22/h4-5,7,9,11-15,17,22H,6,8,10,16H2,1-3H3,(H2,29,35)/t17-,22+/m0/s1. The van der Waals surface area contributed by atoms with E-state index < -0.39 is 29.2 Å². The molecule has 4 rings (SSSR count). The smallest absolute Gasteiger partial charge is 0.300 e. The molecule has 0 spiro atoms. The minimum absolute atomic E-state index is 0.0222. The van der Waals surface area contributed by atoms with E-state index in [-0.39, 0.29) is 24.1 Å². The summed E-state index contributed by atoms with van der Waals surface area (Å²) in [5.74, 6) is -1.59. The number of hydrogen-bond donors (Lipinski definition) is 1. The predicted octanol–water partition coefficient (Wildman–Crippen LogP) is 3.01. The highest BCUT2D eigenvalue weighted by molar-refractivity contribution is 5.86. The summed E-state index contributed by atoms with van der Waals surface area (Å²) < 4.78 is 14.6. The molecule has 1 aromatic heterocycles. The van der Waals surface area contributed by atoms with Gasteiger partial charge in [0.1, 0.15) is 11.9 Å². The Hall–Kier alpha value is -3.85. The number of rotatable bonds is 7. The molecular weight excluding hydrogens is 461 g/mol. The van der Waals surface area contributed by atoms with Gasteiger partial charge in [-0.25, -0.2) is 13.9 Å². The molecule has 2 aromatic carbocycles. The zero-order valence-electron chi connectivity index (χ0n) is 20.6. The van der Waals surface area contributed by atoms with E-state index in [1.54, 1.807) is 6.92 Å². The Labute approximate surface area is 209 Å². The topological polar surface area (TPSA) is 102 Å². The highest BCUT2D eigenvalue weighted by Crippen LogP contribution is 2.33. The number of carbonyl (C=O) groups is 2. The second kappa shape index (κ2) is 10.4. The quantitative estimate of drug-likeness (QED) is 0.545. The third-order valence-corrected chi connectivity index (χ3v) is 6.92. The molecule has 0 unspecified atom stereocenters. The van der Waals surface area contributed by atoms with Crippen molar-refractivity contribution in [2.24, 2.45) is 5.73 Å². The first-order valence-corrected chi connectivity index (χ1v) is 11.9. The van der Waals surface area contributed by atoms with Crippen molar-refractivity contribution < 1.29 is 14.0 Å². The van der Waals surface area contributed by atoms with Crippen molar-refractivity contribution >= 4 is 17.6 Å². The molecule has 0 saturated heterocycles. The van der Waals surface area contributed by atoms with Crippen LogP contribution in [0.1, 0.15) is 41.7 Å². The summed E-state index contributed by atoms with van der Waals surface area (Å²) in [6.07, 6.45) is 4.31. The number of benzene rings is 2. The minimum atomic E-state index is -0.813. The predicted molar refractivity (Wildman–Crippen MR) is 136 cm³/mol. The fourth-order valence-corrected chi connectivity index (χ4v) is 4.71. The molecule has 0 aliphatic heterocycles. The van der Waals surface area contributed by atoms with Crippen molar-refractivity contribution in [2.45, 2.75) is 38.3 Å². The van der Waals surface area contributed by atoms with Crippen LogP contribution in [0.5, 0.6) is 0 Å². The number of primary amides is 1. The SMILES string of the molecule is C[C@@H](C(N)=O)N(C)c1ncc(-c2ccc(F)cc2)n(C(=O)CN(C)[C@@H]2CCCc3ccccc32)c1=O. The van der Waals surface area contributed by atoms with Crippen LogP contribution in [0.4, 0.5) is 10.2 Å². The molecule has 8 nitrogen and oxygen atoms in total. The lowest BCUT2D eigenvalue weighted by atomic mass is 9.87. The van der Waals surface area contributed by atoms with Gasteiger partial charge in [-0.1, -0.05) is 24.3 Å². The lowest BCUT2D eigenvalue weighted by Crippen LogP contribution is -2.45. The van der Waals surface area contributed by atoms with Gasteiger partial charge in [0.15, 0.2) is 5.82 Å². The summed E-state index contributed by atoms with van der Waals surface area (Å²) in [4.78, 5) is 46.5. The summed E-state index contributed by atoms with van der Waals surface area (Å²) in [5.41, 5.74) is 7.92. The van der Waals surface area contributed by atoms with Crippen LogP contribution in [-0.4, -0.2) is 52.9 Å². The summed E-state index contributed by atoms with van der Waals surface area (Å²) in [6.45, 7) is 1.53. The average molecular weight is 492 g/mol. The Morgan fingerprint density at radius 2 is 1.86 bits per heavy atom. The van der Waals surface area contributed by atoms with Crippen molar-refractivity contribution in [2.75, 3.05) is 25.5 Å². The average Bonchev–Trinajstić information content (AvgIpc) is 2.87. The van der Waals surface area contributed by atoms with E-state index in [4.69, 9.17) is 5.73 Å². The lowest BCUT2D eigenvalue weighted by Gasteiger charge is -2.33. The number of amides is 1. The molecule has 1 aliphatic rings. The zero-order chi connectivity index (χ0) is 26.0. The number of halogens is 1. The summed E-state index contributed by atoms with van der Waals surface area (Å²) in [6, 6.07) is 12.9. The molecule has 2 N–H and O–H groups in total. The van der Waals surface area contributed by atoms with E-state index in [0.29, 0.717) is 5.56 Å². The number of aromatic nitrogens is 2. The van der Waals surface area contributed by atoms with Crippen LogP contribution in [0.15, 0.2) is 59.5 Å². The molecule has 3 aromatic rings. The van der Waals surface area contributed by atoms with Gasteiger partial charge in [-0.15, -0.1) is 0 Å². The largest absolute Gasteiger partial charge is 0.368 e. The van der Waals surface area contributed by atoms with Gasteiger partial charge < -0.3 is 10.6 Å². The summed E-state index contributed by atoms with van der Waals surface area (Å²) in [7, 11) is 3.40. The number of carbonyl (C=O) groups excluding carboxylic acids is 2. The maximum absolute atomic E-state index is 13.7. The van der Waals surface area contributed by atoms with Crippen molar-refractivity contribution in [3.63, 3.8) is 0 Å². The first-order chi connectivity index (χ1) is 17.2. The second-order valence-electron chi connectivity index (χ2n) is 9.22. The van der Waals surface area contributed by atoms with Gasteiger partial charge in [-0.3, -0.25) is 19.3 Å². The molecule has 0 saturated carbocycles. The van der Waals surface area contributed by atoms with E-state index in [2.05, 4.69) is 17.1 Å². The van der Waals surface area contributed by atoms with Crippen LogP contribution < -0.4 is 16.2 Å². The number of anilines is 1. The summed E-state index contributed by atoms with van der Waals surface area (Å²) >= 11 is 0. The van der Waals surface area contributed by atoms with Crippen LogP contribution in [-0.2, 0) is 11.2 Å². The molecule has 0 fully saturated rings. The second-order valence-corrected chi connectivity index (χ2v) is 9.22. The molecule has 0 bridgehead atoms. The van der Waals surface area contributed by atoms with Crippen LogP contribution in [0.25, 0.3) is 11.3 Å². The van der Waals surface area contributed by atoms with Crippen LogP contribution in [0.2, 0.25) is 0 Å². The van der Waals surface area contributed by atoms with Gasteiger partial charge in [0.25, 0.3) is 0 Å². The normalized spacial score (nSPS) is 15.9. The third-order valence-electron chi connectivity index (χ3n) is 6.92. The maximum Gasteiger partial charge on any atom is 0.300 e. The van der Waals surface area contributed by atoms with E-state index in [9.17, 15) is 18.8 Å². The Morgan fingerprint density at radius 3 is 2.56 bits per heavy atom. The van der Waals surface area contributed by atoms with E-state index >= 15 is 0 Å². The number of hydrogen-bond acceptors (Lipinski definition) is 6. The minimum Gasteiger partial charge on any atom is -0.368 e. The summed E-state index contributed by atoms with van der Waals surface area (Å²) in [5, 5.41) is 0. The van der Waals surface area contributed by atoms with Crippen molar-refractivity contribution in [1.29, 1.82) is 0 Å². The Bertz CT molecular complexity index is 1340. The lowest BCUT2D eigenvalue weighted by molar-refractivity contribution is -0.118. The molecule has 2 atom stereocenters. The number of likely N-dealkylation sites (N-methyl/N-ethyl adjacent to an activating group) is 2. The van der Waals surface area contributed by atoms with E-state index in [0.717, 1.165) is 23.8 Å². The number of fused-ring (bicyclic) bond motifs is 1. The molecule has 1 aliphatic carbocycles. The van der Waals surface area contributed by atoms with Crippen LogP contribution in [0, 0.1) is 5.82 Å². The highest BCUT2D eigenvalue weighted by atomic mass is 19.1. The van der Waals surface area contributed by atoms with Gasteiger partial charge in [0.05, 0.1) is 18.4 Å². The highest BCUT2D eigenvalue weighted by Gasteiger charge is 2.28. The number of nitrogens with zero attached hydrogens (tertiary/aromatic N) is 4. The third kappa shape index (κ3) is 4.92. The Morgan fingerprint density at radius 1 is 1.17 bits per heavy atom. The molecule has 0 radical (unpaired) electrons. The first-order valence-electron chi connectivity index (χ1n) is 11.9. The van der Waals surface area contributed by atoms with Gasteiger partial charge in [-0.05, 0) is 68.6 Å².